The Balaban J connectivity index is 4.20. The predicted octanol–water partition coefficient (Wildman–Crippen LogP) is 2.90. The van der Waals surface area contributed by atoms with E-state index in [4.69, 9.17) is 0 Å². The lowest BCUT2D eigenvalue weighted by atomic mass is 9.89. The number of aliphatic carboxylic acids is 1. The molecule has 6 nitrogen and oxygen atoms in total. The van der Waals surface area contributed by atoms with Gasteiger partial charge in [-0.15, -0.1) is 0 Å². The van der Waals surface area contributed by atoms with Gasteiger partial charge in [0.2, 0.25) is 0 Å². The number of nitrogens with zero attached hydrogens (tertiary/aromatic N) is 1. The number of hydrogen-bond donors (Lipinski definition) is 1. The monoisotopic (exact) mass is 435 g/mol. The Morgan fingerprint density at radius 2 is 1.45 bits per heavy atom. The van der Waals surface area contributed by atoms with Crippen LogP contribution in [0, 0.1) is 0 Å². The van der Waals surface area contributed by atoms with E-state index >= 15 is 0 Å². The van der Waals surface area contributed by atoms with Crippen LogP contribution in [-0.2, 0) is 14.4 Å². The number of carbonyl (C=O) groups is 3. The van der Waals surface area contributed by atoms with Crippen LogP contribution in [0.2, 0.25) is 0 Å². The minimum atomic E-state index is -2.01. The van der Waals surface area contributed by atoms with Crippen LogP contribution in [0.1, 0.15) is 71.1 Å². The Morgan fingerprint density at radius 1 is 0.871 bits per heavy atom. The van der Waals surface area contributed by atoms with Gasteiger partial charge in [-0.05, 0) is 25.7 Å². The van der Waals surface area contributed by atoms with Crippen molar-refractivity contribution in [2.24, 2.45) is 0 Å². The van der Waals surface area contributed by atoms with Crippen molar-refractivity contribution >= 4 is 17.5 Å². The summed E-state index contributed by atoms with van der Waals surface area (Å²) in [4.78, 5) is 35.5. The molecule has 0 aromatic rings. The fourth-order valence-corrected chi connectivity index (χ4v) is 3.26. The summed E-state index contributed by atoms with van der Waals surface area (Å²) in [6.45, 7) is 2.12. The van der Waals surface area contributed by atoms with Crippen LogP contribution in [0.3, 0.4) is 0 Å². The number of likely N-dealkylation sites (N-methyl/N-ethyl adjacent to an activating group) is 1. The summed E-state index contributed by atoms with van der Waals surface area (Å²) in [5, 5.41) is 21.5. The molecule has 0 spiro atoms. The summed E-state index contributed by atoms with van der Waals surface area (Å²) in [5.41, 5.74) is -2.01. The Morgan fingerprint density at radius 3 is 1.97 bits per heavy atom. The van der Waals surface area contributed by atoms with Crippen LogP contribution < -0.4 is 5.11 Å². The van der Waals surface area contributed by atoms with Crippen molar-refractivity contribution in [2.45, 2.75) is 76.7 Å². The smallest absolute Gasteiger partial charge is 0.177 e. The van der Waals surface area contributed by atoms with E-state index in [-0.39, 0.29) is 29.7 Å². The molecular formula is C25H41NO5. The molecule has 0 bridgehead atoms. The highest BCUT2D eigenvalue weighted by Crippen LogP contribution is 2.19. The summed E-state index contributed by atoms with van der Waals surface area (Å²) in [7, 11) is 5.27. The maximum absolute atomic E-state index is 12.4. The molecule has 1 atom stereocenters. The normalized spacial score (nSPS) is 14.5. The lowest BCUT2D eigenvalue weighted by Crippen LogP contribution is -2.56. The standard InChI is InChI=1S/C25H41NO5/c1-5-6-7-8-9-10-11-12-13-14-15-16-17-22(27)18-19-23(28)25(31,20-24(29)30)21-26(2,3)4/h8-13,31H,5-7,14-21H2,1-4H3. The predicted molar refractivity (Wildman–Crippen MR) is 122 cm³/mol. The van der Waals surface area contributed by atoms with Crippen molar-refractivity contribution in [3.05, 3.63) is 36.5 Å². The van der Waals surface area contributed by atoms with Gasteiger partial charge in [0.1, 0.15) is 12.3 Å². The first-order chi connectivity index (χ1) is 14.5. The van der Waals surface area contributed by atoms with E-state index in [9.17, 15) is 24.6 Å². The molecule has 0 rings (SSSR count). The maximum Gasteiger partial charge on any atom is 0.177 e. The van der Waals surface area contributed by atoms with E-state index in [0.717, 1.165) is 25.7 Å². The first kappa shape index (κ1) is 28.9. The summed E-state index contributed by atoms with van der Waals surface area (Å²) in [6.07, 6.45) is 17.8. The first-order valence-corrected chi connectivity index (χ1v) is 11.3. The van der Waals surface area contributed by atoms with Crippen LogP contribution >= 0.6 is 0 Å². The Hall–Kier alpha value is -2.05. The lowest BCUT2D eigenvalue weighted by Gasteiger charge is -2.34. The van der Waals surface area contributed by atoms with Crippen LogP contribution in [0.25, 0.3) is 0 Å². The van der Waals surface area contributed by atoms with Crippen LogP contribution in [-0.4, -0.2) is 60.4 Å². The Kier molecular flexibility index (Phi) is 14.7. The van der Waals surface area contributed by atoms with Crippen molar-refractivity contribution in [1.29, 1.82) is 0 Å². The SMILES string of the molecule is CCCCC=CC=CC=CCCCCC(=O)CCC(=O)C(O)(CC(=O)[O-])C[N+](C)(C)C. The number of carboxylic acids is 1. The molecule has 0 heterocycles. The molecule has 0 radical (unpaired) electrons. The van der Waals surface area contributed by atoms with E-state index in [1.165, 1.54) is 12.8 Å². The molecule has 0 aromatic carbocycles. The van der Waals surface area contributed by atoms with Crippen molar-refractivity contribution in [1.82, 2.24) is 0 Å². The summed E-state index contributed by atoms with van der Waals surface area (Å²) in [6, 6.07) is 0. The molecular weight excluding hydrogens is 394 g/mol. The number of aliphatic hydroxyl groups is 1. The highest BCUT2D eigenvalue weighted by molar-refractivity contribution is 5.93. The minimum Gasteiger partial charge on any atom is -0.550 e. The molecule has 1 N–H and O–H groups in total. The van der Waals surface area contributed by atoms with Crippen molar-refractivity contribution in [3.63, 3.8) is 0 Å². The Bertz CT molecular complexity index is 643. The second-order valence-corrected chi connectivity index (χ2v) is 9.12. The van der Waals surface area contributed by atoms with E-state index in [2.05, 4.69) is 25.2 Å². The van der Waals surface area contributed by atoms with Crippen LogP contribution in [0.5, 0.6) is 0 Å². The van der Waals surface area contributed by atoms with Gasteiger partial charge < -0.3 is 19.5 Å². The molecule has 176 valence electrons. The minimum absolute atomic E-state index is 0.0221. The van der Waals surface area contributed by atoms with Gasteiger partial charge in [0, 0.05) is 31.7 Å². The summed E-state index contributed by atoms with van der Waals surface area (Å²) >= 11 is 0. The Labute approximate surface area is 187 Å². The van der Waals surface area contributed by atoms with Gasteiger partial charge in [0.25, 0.3) is 0 Å². The average Bonchev–Trinajstić information content (AvgIpc) is 2.64. The van der Waals surface area contributed by atoms with Gasteiger partial charge in [-0.1, -0.05) is 56.2 Å². The molecule has 0 fully saturated rings. The molecule has 0 aliphatic carbocycles. The van der Waals surface area contributed by atoms with Gasteiger partial charge in [-0.2, -0.15) is 0 Å². The highest BCUT2D eigenvalue weighted by atomic mass is 16.4. The number of rotatable bonds is 18. The van der Waals surface area contributed by atoms with E-state index < -0.39 is 23.8 Å². The van der Waals surface area contributed by atoms with Gasteiger partial charge in [0.15, 0.2) is 11.4 Å². The molecule has 0 amide bonds. The average molecular weight is 436 g/mol. The fraction of sp³-hybridized carbons (Fsp3) is 0.640. The third-order valence-corrected chi connectivity index (χ3v) is 4.73. The molecule has 0 aliphatic rings. The second kappa shape index (κ2) is 15.7. The second-order valence-electron chi connectivity index (χ2n) is 9.12. The number of carbonyl (C=O) groups excluding carboxylic acids is 3. The maximum atomic E-state index is 12.4. The zero-order valence-corrected chi connectivity index (χ0v) is 19.8. The third-order valence-electron chi connectivity index (χ3n) is 4.73. The molecule has 0 saturated heterocycles. The summed E-state index contributed by atoms with van der Waals surface area (Å²) < 4.78 is 0.224. The molecule has 0 saturated carbocycles. The number of Topliss-reactive ketones (excluding diaryl/α,β-unsaturated/α-hetero) is 2. The van der Waals surface area contributed by atoms with Gasteiger partial charge in [-0.3, -0.25) is 9.59 Å². The van der Waals surface area contributed by atoms with E-state index in [1.54, 1.807) is 21.1 Å². The van der Waals surface area contributed by atoms with E-state index in [0.29, 0.717) is 6.42 Å². The van der Waals surface area contributed by atoms with Crippen molar-refractivity contribution in [3.8, 4) is 0 Å². The number of unbranched alkanes of at least 4 members (excludes halogenated alkanes) is 4. The van der Waals surface area contributed by atoms with Gasteiger partial charge in [-0.25, -0.2) is 0 Å². The van der Waals surface area contributed by atoms with Crippen LogP contribution in [0.4, 0.5) is 0 Å². The zero-order valence-electron chi connectivity index (χ0n) is 19.8. The molecule has 1 unspecified atom stereocenters. The third kappa shape index (κ3) is 16.3. The first-order valence-electron chi connectivity index (χ1n) is 11.3. The number of quaternary nitrogens is 1. The fourth-order valence-electron chi connectivity index (χ4n) is 3.26. The zero-order chi connectivity index (χ0) is 23.8. The van der Waals surface area contributed by atoms with Crippen LogP contribution in [0.15, 0.2) is 36.5 Å². The van der Waals surface area contributed by atoms with E-state index in [1.807, 2.05) is 18.2 Å². The number of hydrogen-bond acceptors (Lipinski definition) is 5. The molecule has 31 heavy (non-hydrogen) atoms. The number of carboxylic acid groups (broad SMARTS) is 1. The lowest BCUT2D eigenvalue weighted by molar-refractivity contribution is -0.875. The largest absolute Gasteiger partial charge is 0.550 e. The molecule has 0 aliphatic heterocycles. The highest BCUT2D eigenvalue weighted by Gasteiger charge is 2.40. The van der Waals surface area contributed by atoms with Crippen molar-refractivity contribution in [2.75, 3.05) is 27.7 Å². The van der Waals surface area contributed by atoms with Gasteiger partial charge >= 0.3 is 0 Å². The molecule has 0 aromatic heterocycles. The summed E-state index contributed by atoms with van der Waals surface area (Å²) in [5.74, 6) is -2.14. The van der Waals surface area contributed by atoms with Crippen molar-refractivity contribution < 1.29 is 29.1 Å². The topological polar surface area (TPSA) is 94.5 Å². The van der Waals surface area contributed by atoms with Gasteiger partial charge in [0.05, 0.1) is 21.1 Å². The quantitative estimate of drug-likeness (QED) is 0.203. The number of ketones is 2. The molecule has 6 heteroatoms. The number of allylic oxidation sites excluding steroid dienone is 6.